The number of ether oxygens (including phenoxy) is 1. The lowest BCUT2D eigenvalue weighted by atomic mass is 10.1. The van der Waals surface area contributed by atoms with Crippen molar-refractivity contribution in [1.82, 2.24) is 0 Å². The van der Waals surface area contributed by atoms with Gasteiger partial charge in [-0.25, -0.2) is 0 Å². The third kappa shape index (κ3) is 2.87. The van der Waals surface area contributed by atoms with Crippen molar-refractivity contribution < 1.29 is 17.9 Å². The summed E-state index contributed by atoms with van der Waals surface area (Å²) in [4.78, 5) is 0. The maximum absolute atomic E-state index is 12.9. The number of nitrogen functional groups attached to an aromatic ring is 1. The van der Waals surface area contributed by atoms with Crippen LogP contribution >= 0.6 is 0 Å². The highest BCUT2D eigenvalue weighted by atomic mass is 19.4. The van der Waals surface area contributed by atoms with Gasteiger partial charge in [0.15, 0.2) is 0 Å². The van der Waals surface area contributed by atoms with Gasteiger partial charge in [-0.15, -0.1) is 0 Å². The zero-order chi connectivity index (χ0) is 14.9. The van der Waals surface area contributed by atoms with Crippen LogP contribution in [0.4, 0.5) is 18.9 Å². The normalized spacial score (nSPS) is 11.4. The number of halogens is 3. The topological polar surface area (TPSA) is 35.2 Å². The molecule has 0 saturated carbocycles. The Morgan fingerprint density at radius 3 is 2.10 bits per heavy atom. The van der Waals surface area contributed by atoms with Gasteiger partial charge in [-0.1, -0.05) is 12.1 Å². The van der Waals surface area contributed by atoms with Crippen molar-refractivity contribution in [3.8, 4) is 11.5 Å². The highest BCUT2D eigenvalue weighted by molar-refractivity contribution is 5.54. The summed E-state index contributed by atoms with van der Waals surface area (Å²) >= 11 is 0. The SMILES string of the molecule is Cc1cc(N)cc(C)c1Oc1ccccc1C(F)(F)F. The maximum Gasteiger partial charge on any atom is 0.419 e. The van der Waals surface area contributed by atoms with Crippen LogP contribution in [0.1, 0.15) is 16.7 Å². The van der Waals surface area contributed by atoms with Crippen molar-refractivity contribution >= 4 is 5.69 Å². The lowest BCUT2D eigenvalue weighted by molar-refractivity contribution is -0.138. The molecule has 0 spiro atoms. The average molecular weight is 281 g/mol. The second-order valence-corrected chi connectivity index (χ2v) is 4.58. The summed E-state index contributed by atoms with van der Waals surface area (Å²) < 4.78 is 44.2. The third-order valence-corrected chi connectivity index (χ3v) is 2.89. The Morgan fingerprint density at radius 1 is 1.00 bits per heavy atom. The molecule has 2 N–H and O–H groups in total. The van der Waals surface area contributed by atoms with Crippen LogP contribution < -0.4 is 10.5 Å². The Balaban J connectivity index is 2.46. The van der Waals surface area contributed by atoms with E-state index < -0.39 is 11.7 Å². The zero-order valence-corrected chi connectivity index (χ0v) is 11.1. The van der Waals surface area contributed by atoms with Crippen molar-refractivity contribution in [2.24, 2.45) is 0 Å². The summed E-state index contributed by atoms with van der Waals surface area (Å²) in [6.07, 6.45) is -4.45. The monoisotopic (exact) mass is 281 g/mol. The minimum absolute atomic E-state index is 0.212. The van der Waals surface area contributed by atoms with Crippen LogP contribution in [0.2, 0.25) is 0 Å². The van der Waals surface area contributed by atoms with Crippen LogP contribution in [0.15, 0.2) is 36.4 Å². The fraction of sp³-hybridized carbons (Fsp3) is 0.200. The standard InChI is InChI=1S/C15H14F3NO/c1-9-7-11(19)8-10(2)14(9)20-13-6-4-3-5-12(13)15(16,17)18/h3-8H,19H2,1-2H3. The highest BCUT2D eigenvalue weighted by Crippen LogP contribution is 2.39. The number of rotatable bonds is 2. The Morgan fingerprint density at radius 2 is 1.55 bits per heavy atom. The van der Waals surface area contributed by atoms with Gasteiger partial charge in [0.2, 0.25) is 0 Å². The number of anilines is 1. The number of hydrogen-bond donors (Lipinski definition) is 1. The Kier molecular flexibility index (Phi) is 3.61. The summed E-state index contributed by atoms with van der Waals surface area (Å²) in [5, 5.41) is 0. The quantitative estimate of drug-likeness (QED) is 0.810. The summed E-state index contributed by atoms with van der Waals surface area (Å²) in [7, 11) is 0. The van der Waals surface area contributed by atoms with Crippen LogP contribution in [0.3, 0.4) is 0 Å². The summed E-state index contributed by atoms with van der Waals surface area (Å²) in [6, 6.07) is 8.47. The van der Waals surface area contributed by atoms with Gasteiger partial charge in [0.05, 0.1) is 5.56 Å². The number of hydrogen-bond acceptors (Lipinski definition) is 2. The predicted octanol–water partition coefficient (Wildman–Crippen LogP) is 4.70. The van der Waals surface area contributed by atoms with Crippen LogP contribution in [-0.2, 0) is 6.18 Å². The van der Waals surface area contributed by atoms with Gasteiger partial charge in [-0.05, 0) is 49.2 Å². The van der Waals surface area contributed by atoms with Crippen molar-refractivity contribution in [2.75, 3.05) is 5.73 Å². The first-order valence-electron chi connectivity index (χ1n) is 6.00. The smallest absolute Gasteiger partial charge is 0.419 e. The van der Waals surface area contributed by atoms with E-state index in [9.17, 15) is 13.2 Å². The number of para-hydroxylation sites is 1. The summed E-state index contributed by atoms with van der Waals surface area (Å²) in [5.74, 6) is 0.187. The molecule has 0 bridgehead atoms. The molecule has 0 saturated heterocycles. The van der Waals surface area contributed by atoms with Crippen molar-refractivity contribution in [2.45, 2.75) is 20.0 Å². The molecule has 0 aliphatic heterocycles. The maximum atomic E-state index is 12.9. The first-order chi connectivity index (χ1) is 9.29. The summed E-state index contributed by atoms with van der Waals surface area (Å²) in [6.45, 7) is 3.49. The second-order valence-electron chi connectivity index (χ2n) is 4.58. The minimum Gasteiger partial charge on any atom is -0.456 e. The molecule has 0 aliphatic rings. The van der Waals surface area contributed by atoms with Gasteiger partial charge < -0.3 is 10.5 Å². The van der Waals surface area contributed by atoms with E-state index in [0.29, 0.717) is 22.6 Å². The molecule has 5 heteroatoms. The van der Waals surface area contributed by atoms with Gasteiger partial charge in [-0.2, -0.15) is 13.2 Å². The van der Waals surface area contributed by atoms with E-state index in [1.165, 1.54) is 18.2 Å². The minimum atomic E-state index is -4.45. The highest BCUT2D eigenvalue weighted by Gasteiger charge is 2.34. The largest absolute Gasteiger partial charge is 0.456 e. The number of benzene rings is 2. The molecule has 2 rings (SSSR count). The lowest BCUT2D eigenvalue weighted by Crippen LogP contribution is -2.07. The van der Waals surface area contributed by atoms with Gasteiger partial charge in [-0.3, -0.25) is 0 Å². The molecule has 0 fully saturated rings. The molecule has 2 aromatic carbocycles. The Labute approximate surface area is 115 Å². The first kappa shape index (κ1) is 14.2. The van der Waals surface area contributed by atoms with Crippen LogP contribution in [-0.4, -0.2) is 0 Å². The van der Waals surface area contributed by atoms with E-state index in [1.54, 1.807) is 26.0 Å². The first-order valence-corrected chi connectivity index (χ1v) is 6.00. The fourth-order valence-corrected chi connectivity index (χ4v) is 2.04. The Hall–Kier alpha value is -2.17. The van der Waals surface area contributed by atoms with Crippen LogP contribution in [0, 0.1) is 13.8 Å². The Bertz CT molecular complexity index is 612. The van der Waals surface area contributed by atoms with Gasteiger partial charge in [0.1, 0.15) is 11.5 Å². The van der Waals surface area contributed by atoms with Crippen molar-refractivity contribution in [3.63, 3.8) is 0 Å². The van der Waals surface area contributed by atoms with E-state index in [1.807, 2.05) is 0 Å². The van der Waals surface area contributed by atoms with Crippen LogP contribution in [0.25, 0.3) is 0 Å². The van der Waals surface area contributed by atoms with Gasteiger partial charge in [0, 0.05) is 5.69 Å². The molecule has 0 amide bonds. The van der Waals surface area contributed by atoms with E-state index in [4.69, 9.17) is 10.5 Å². The molecule has 0 aliphatic carbocycles. The molecule has 0 unspecified atom stereocenters. The molecule has 0 aromatic heterocycles. The number of aryl methyl sites for hydroxylation is 2. The lowest BCUT2D eigenvalue weighted by Gasteiger charge is -2.16. The number of nitrogens with two attached hydrogens (primary N) is 1. The fourth-order valence-electron chi connectivity index (χ4n) is 2.04. The van der Waals surface area contributed by atoms with E-state index >= 15 is 0 Å². The molecular weight excluding hydrogens is 267 g/mol. The predicted molar refractivity (Wildman–Crippen MR) is 71.8 cm³/mol. The molecule has 20 heavy (non-hydrogen) atoms. The zero-order valence-electron chi connectivity index (χ0n) is 11.1. The summed E-state index contributed by atoms with van der Waals surface area (Å²) in [5.41, 5.74) is 6.83. The second kappa shape index (κ2) is 5.07. The average Bonchev–Trinajstić information content (AvgIpc) is 2.33. The molecule has 2 nitrogen and oxygen atoms in total. The van der Waals surface area contributed by atoms with Crippen molar-refractivity contribution in [3.05, 3.63) is 53.1 Å². The van der Waals surface area contributed by atoms with Gasteiger partial charge in [0.25, 0.3) is 0 Å². The van der Waals surface area contributed by atoms with E-state index in [0.717, 1.165) is 6.07 Å². The van der Waals surface area contributed by atoms with Crippen molar-refractivity contribution in [1.29, 1.82) is 0 Å². The van der Waals surface area contributed by atoms with E-state index in [2.05, 4.69) is 0 Å². The molecule has 0 heterocycles. The third-order valence-electron chi connectivity index (χ3n) is 2.89. The molecule has 106 valence electrons. The number of alkyl halides is 3. The van der Waals surface area contributed by atoms with Gasteiger partial charge >= 0.3 is 6.18 Å². The molecule has 0 atom stereocenters. The molecule has 0 radical (unpaired) electrons. The van der Waals surface area contributed by atoms with E-state index in [-0.39, 0.29) is 5.75 Å². The van der Waals surface area contributed by atoms with Crippen LogP contribution in [0.5, 0.6) is 11.5 Å². The molecule has 2 aromatic rings. The molecular formula is C15H14F3NO.